The molecule has 0 spiro atoms. The number of hydrogen-bond donors (Lipinski definition) is 9. The molecule has 0 unspecified atom stereocenters. The minimum Gasteiger partial charge on any atom is -0.508 e. The zero-order chi connectivity index (χ0) is 50.7. The summed E-state index contributed by atoms with van der Waals surface area (Å²) in [4.78, 5) is 92.2. The molecule has 0 radical (unpaired) electrons. The first-order valence-corrected chi connectivity index (χ1v) is 22.2. The molecule has 4 rings (SSSR count). The van der Waals surface area contributed by atoms with E-state index in [4.69, 9.17) is 31.1 Å². The minimum atomic E-state index is -1.86. The largest absolute Gasteiger partial charge is 0.508 e. The Morgan fingerprint density at radius 1 is 0.514 bits per heavy atom. The third kappa shape index (κ3) is 20.5. The smallest absolute Gasteiger partial charge is 0.305 e. The molecule has 0 bridgehead atoms. The molecule has 10 N–H and O–H groups in total. The number of benzene rings is 4. The predicted molar refractivity (Wildman–Crippen MR) is 253 cm³/mol. The molecule has 70 heavy (non-hydrogen) atoms. The zero-order valence-corrected chi connectivity index (χ0v) is 38.3. The molecule has 372 valence electrons. The van der Waals surface area contributed by atoms with Crippen LogP contribution in [-0.2, 0) is 62.3 Å². The van der Waals surface area contributed by atoms with Crippen LogP contribution in [0.25, 0.3) is 0 Å². The van der Waals surface area contributed by atoms with Gasteiger partial charge in [0.2, 0.25) is 29.5 Å². The van der Waals surface area contributed by atoms with Gasteiger partial charge in [-0.2, -0.15) is 0 Å². The van der Waals surface area contributed by atoms with Gasteiger partial charge in [0.1, 0.15) is 54.6 Å². The summed E-state index contributed by atoms with van der Waals surface area (Å²) in [5, 5.41) is 41.5. The van der Waals surface area contributed by atoms with Crippen LogP contribution in [0.4, 0.5) is 0 Å². The van der Waals surface area contributed by atoms with E-state index in [1.165, 1.54) is 12.1 Å². The van der Waals surface area contributed by atoms with Crippen molar-refractivity contribution >= 4 is 41.5 Å². The zero-order valence-electron chi connectivity index (χ0n) is 38.3. The maximum Gasteiger partial charge on any atom is 0.305 e. The van der Waals surface area contributed by atoms with Crippen molar-refractivity contribution in [2.75, 3.05) is 46.2 Å². The summed E-state index contributed by atoms with van der Waals surface area (Å²) < 4.78 is 21.9. The number of rotatable bonds is 31. The number of aliphatic carboxylic acids is 2. The van der Waals surface area contributed by atoms with E-state index in [0.29, 0.717) is 22.6 Å². The third-order valence-electron chi connectivity index (χ3n) is 10.1. The van der Waals surface area contributed by atoms with E-state index < -0.39 is 84.5 Å². The monoisotopic (exact) mass is 966 g/mol. The lowest BCUT2D eigenvalue weighted by atomic mass is 10.0. The highest BCUT2D eigenvalue weighted by Crippen LogP contribution is 2.18. The number of phenolic OH excluding ortho intramolecular Hbond substituents is 1. The molecule has 4 aromatic rings. The van der Waals surface area contributed by atoms with Crippen LogP contribution in [0.2, 0.25) is 0 Å². The number of nitrogens with two attached hydrogens (primary N) is 1. The van der Waals surface area contributed by atoms with Gasteiger partial charge in [0.25, 0.3) is 0 Å². The molecule has 0 aliphatic heterocycles. The Labute approximate surface area is 404 Å². The van der Waals surface area contributed by atoms with Crippen molar-refractivity contribution in [3.63, 3.8) is 0 Å². The standard InChI is InChI=1S/C50H58N6O14/c1-2-22-69-37-17-19-38(20-18-37)70-27-26-68-25-24-67-23-21-52-47(63)42(31-44(58)59)55-50(66)43(32-45(60)61)56-49(65)41(29-34-11-7-4-8-12-34)54-48(64)40(30-35-13-15-36(57)16-14-35)53-46(62)39(51)28-33-9-5-3-6-10-33/h1,3-20,39-43,57H,21-32,51H2,(H,52,63)(H,53,62)(H,54,64)(H,55,66)(H,56,65)(H,58,59)(H,60,61)/t39-,40-,41-,42-,43-/m1/s1. The van der Waals surface area contributed by atoms with Gasteiger partial charge in [-0.15, -0.1) is 6.42 Å². The van der Waals surface area contributed by atoms with E-state index in [0.717, 1.165) is 5.56 Å². The average molecular weight is 967 g/mol. The maximum absolute atomic E-state index is 14.1. The molecule has 5 amide bonds. The summed E-state index contributed by atoms with van der Waals surface area (Å²) in [5.41, 5.74) is 8.10. The number of aromatic hydroxyl groups is 1. The number of carbonyl (C=O) groups is 7. The second-order valence-corrected chi connectivity index (χ2v) is 15.6. The summed E-state index contributed by atoms with van der Waals surface area (Å²) in [6, 6.07) is 22.7. The van der Waals surface area contributed by atoms with Crippen LogP contribution in [0.5, 0.6) is 17.2 Å². The van der Waals surface area contributed by atoms with Gasteiger partial charge in [-0.05, 0) is 59.5 Å². The van der Waals surface area contributed by atoms with Crippen LogP contribution in [-0.4, -0.2) is 133 Å². The fourth-order valence-electron chi connectivity index (χ4n) is 6.63. The Morgan fingerprint density at radius 3 is 1.47 bits per heavy atom. The maximum atomic E-state index is 14.1. The number of ether oxygens (including phenoxy) is 4. The second-order valence-electron chi connectivity index (χ2n) is 15.6. The Kier molecular flexibility index (Phi) is 23.2. The van der Waals surface area contributed by atoms with E-state index in [9.17, 15) is 48.9 Å². The molecule has 0 aromatic heterocycles. The minimum absolute atomic E-state index is 0.0143. The number of amides is 5. The molecule has 20 heteroatoms. The first-order chi connectivity index (χ1) is 33.7. The Bertz CT molecular complexity index is 2350. The quantitative estimate of drug-likeness (QED) is 0.0250. The van der Waals surface area contributed by atoms with E-state index in [2.05, 4.69) is 32.5 Å². The summed E-state index contributed by atoms with van der Waals surface area (Å²) >= 11 is 0. The van der Waals surface area contributed by atoms with Crippen molar-refractivity contribution in [1.82, 2.24) is 26.6 Å². The number of carbonyl (C=O) groups excluding carboxylic acids is 5. The van der Waals surface area contributed by atoms with Crippen molar-refractivity contribution in [1.29, 1.82) is 0 Å². The number of hydrogen-bond acceptors (Lipinski definition) is 13. The summed E-state index contributed by atoms with van der Waals surface area (Å²) in [7, 11) is 0. The average Bonchev–Trinajstić information content (AvgIpc) is 3.34. The topological polar surface area (TPSA) is 303 Å². The highest BCUT2D eigenvalue weighted by atomic mass is 16.5. The highest BCUT2D eigenvalue weighted by Gasteiger charge is 2.34. The summed E-state index contributed by atoms with van der Waals surface area (Å²) in [6.07, 6.45) is 3.16. The van der Waals surface area contributed by atoms with Crippen molar-refractivity contribution in [2.45, 2.75) is 62.3 Å². The molecule has 5 atom stereocenters. The molecule has 0 fully saturated rings. The molecule has 0 aliphatic rings. The van der Waals surface area contributed by atoms with Crippen LogP contribution in [0.15, 0.2) is 109 Å². The van der Waals surface area contributed by atoms with Crippen LogP contribution in [0.3, 0.4) is 0 Å². The van der Waals surface area contributed by atoms with Gasteiger partial charge in [-0.1, -0.05) is 78.7 Å². The lowest BCUT2D eigenvalue weighted by molar-refractivity contribution is -0.143. The Morgan fingerprint density at radius 2 is 0.943 bits per heavy atom. The van der Waals surface area contributed by atoms with E-state index in [1.807, 2.05) is 6.07 Å². The van der Waals surface area contributed by atoms with Gasteiger partial charge in [0.05, 0.1) is 45.3 Å². The third-order valence-corrected chi connectivity index (χ3v) is 10.1. The van der Waals surface area contributed by atoms with Crippen LogP contribution >= 0.6 is 0 Å². The lowest BCUT2D eigenvalue weighted by Gasteiger charge is -2.26. The molecular formula is C50H58N6O14. The molecule has 0 saturated carbocycles. The summed E-state index contributed by atoms with van der Waals surface area (Å²) in [6.45, 7) is 0.895. The number of carboxylic acids is 2. The molecular weight excluding hydrogens is 909 g/mol. The van der Waals surface area contributed by atoms with Crippen molar-refractivity contribution in [3.8, 4) is 29.6 Å². The van der Waals surface area contributed by atoms with Crippen LogP contribution in [0, 0.1) is 12.3 Å². The number of phenols is 1. The van der Waals surface area contributed by atoms with E-state index in [-0.39, 0.29) is 71.2 Å². The summed E-state index contributed by atoms with van der Waals surface area (Å²) in [5.74, 6) is -4.09. The van der Waals surface area contributed by atoms with Gasteiger partial charge in [-0.25, -0.2) is 0 Å². The first kappa shape index (κ1) is 54.6. The fourth-order valence-corrected chi connectivity index (χ4v) is 6.63. The fraction of sp³-hybridized carbons (Fsp3) is 0.340. The second kappa shape index (κ2) is 29.7. The highest BCUT2D eigenvalue weighted by molar-refractivity contribution is 5.98. The molecule has 0 saturated heterocycles. The van der Waals surface area contributed by atoms with Gasteiger partial charge in [0.15, 0.2) is 0 Å². The van der Waals surface area contributed by atoms with Gasteiger partial charge < -0.3 is 66.6 Å². The molecule has 0 aliphatic carbocycles. The van der Waals surface area contributed by atoms with Crippen molar-refractivity contribution in [3.05, 3.63) is 126 Å². The van der Waals surface area contributed by atoms with Gasteiger partial charge >= 0.3 is 11.9 Å². The molecule has 0 heterocycles. The Balaban J connectivity index is 1.36. The number of terminal acetylenes is 1. The van der Waals surface area contributed by atoms with Crippen molar-refractivity contribution < 1.29 is 67.8 Å². The number of carboxylic acid groups (broad SMARTS) is 2. The molecule has 4 aromatic carbocycles. The SMILES string of the molecule is C#CCOc1ccc(OCCOCCOCCNC(=O)[C@@H](CC(=O)O)NC(=O)[C@@H](CC(=O)O)NC(=O)[C@@H](Cc2ccccc2)NC(=O)[C@@H](Cc2ccc(O)cc2)NC(=O)[C@H](N)Cc2ccccc2)cc1. The van der Waals surface area contributed by atoms with E-state index in [1.54, 1.807) is 91.0 Å². The molecule has 20 nitrogen and oxygen atoms in total. The first-order valence-electron chi connectivity index (χ1n) is 22.2. The predicted octanol–water partition coefficient (Wildman–Crippen LogP) is 0.876. The number of nitrogens with one attached hydrogen (secondary N) is 5. The van der Waals surface area contributed by atoms with Crippen LogP contribution in [0.1, 0.15) is 29.5 Å². The Hall–Kier alpha value is -7.99. The normalized spacial score (nSPS) is 12.9. The van der Waals surface area contributed by atoms with Gasteiger partial charge in [0, 0.05) is 19.4 Å². The lowest BCUT2D eigenvalue weighted by Crippen LogP contribution is -2.60. The van der Waals surface area contributed by atoms with E-state index >= 15 is 0 Å². The van der Waals surface area contributed by atoms with Crippen LogP contribution < -0.4 is 41.8 Å². The van der Waals surface area contributed by atoms with Gasteiger partial charge in [-0.3, -0.25) is 33.6 Å². The van der Waals surface area contributed by atoms with Crippen molar-refractivity contribution in [2.24, 2.45) is 5.73 Å².